The van der Waals surface area contributed by atoms with E-state index in [4.69, 9.17) is 16.3 Å². The minimum Gasteiger partial charge on any atom is -0.457 e. The normalized spacial score (nSPS) is 16.4. The summed E-state index contributed by atoms with van der Waals surface area (Å²) in [6, 6.07) is 20.0. The molecule has 4 rings (SSSR count). The van der Waals surface area contributed by atoms with E-state index in [2.05, 4.69) is 10.2 Å². The first-order valence-electron chi connectivity index (χ1n) is 10.6. The molecule has 1 fully saturated rings. The summed E-state index contributed by atoms with van der Waals surface area (Å²) in [5, 5.41) is 3.66. The second-order valence-electron chi connectivity index (χ2n) is 7.76. The fraction of sp³-hybridized carbons (Fsp3) is 0.280. The van der Waals surface area contributed by atoms with E-state index in [1.165, 1.54) is 12.1 Å². The molecular formula is C25H24ClF3N2O. The number of alkyl halides is 3. The van der Waals surface area contributed by atoms with Gasteiger partial charge in [-0.1, -0.05) is 41.9 Å². The van der Waals surface area contributed by atoms with Gasteiger partial charge in [0.2, 0.25) is 0 Å². The minimum absolute atomic E-state index is 0.314. The van der Waals surface area contributed by atoms with Gasteiger partial charge in [0.15, 0.2) is 0 Å². The van der Waals surface area contributed by atoms with Crippen molar-refractivity contribution in [3.8, 4) is 11.5 Å². The SMILES string of the molecule is FC(F)(F)c1ccc(Cl)c(C(c2cccc(Oc3ccccc3)c2)N2CCCNCC2)c1. The molecule has 1 heterocycles. The van der Waals surface area contributed by atoms with E-state index < -0.39 is 17.8 Å². The van der Waals surface area contributed by atoms with Crippen LogP contribution in [0.4, 0.5) is 13.2 Å². The van der Waals surface area contributed by atoms with Crippen LogP contribution in [-0.2, 0) is 6.18 Å². The molecule has 1 aliphatic rings. The second-order valence-corrected chi connectivity index (χ2v) is 8.17. The number of nitrogens with zero attached hydrogens (tertiary/aromatic N) is 1. The molecule has 32 heavy (non-hydrogen) atoms. The number of hydrogen-bond donors (Lipinski definition) is 1. The summed E-state index contributed by atoms with van der Waals surface area (Å²) in [5.41, 5.74) is 0.577. The molecule has 0 aliphatic carbocycles. The quantitative estimate of drug-likeness (QED) is 0.468. The van der Waals surface area contributed by atoms with Crippen molar-refractivity contribution in [1.82, 2.24) is 10.2 Å². The van der Waals surface area contributed by atoms with Gasteiger partial charge in [0.05, 0.1) is 11.6 Å². The Bertz CT molecular complexity index is 1030. The zero-order valence-electron chi connectivity index (χ0n) is 17.4. The highest BCUT2D eigenvalue weighted by molar-refractivity contribution is 6.31. The molecular weight excluding hydrogens is 437 g/mol. The van der Waals surface area contributed by atoms with Crippen molar-refractivity contribution < 1.29 is 17.9 Å². The molecule has 0 amide bonds. The summed E-state index contributed by atoms with van der Waals surface area (Å²) < 4.78 is 46.5. The second kappa shape index (κ2) is 9.94. The smallest absolute Gasteiger partial charge is 0.416 e. The summed E-state index contributed by atoms with van der Waals surface area (Å²) >= 11 is 6.48. The zero-order valence-corrected chi connectivity index (χ0v) is 18.2. The molecule has 0 saturated carbocycles. The van der Waals surface area contributed by atoms with Crippen LogP contribution in [0.3, 0.4) is 0 Å². The lowest BCUT2D eigenvalue weighted by Gasteiger charge is -2.32. The van der Waals surface area contributed by atoms with Crippen LogP contribution in [0, 0.1) is 0 Å². The number of rotatable bonds is 5. The standard InChI is InChI=1S/C25H24ClF3N2O/c26-23-11-10-19(25(27,28)29)17-22(23)24(31-14-5-12-30-13-15-31)18-6-4-9-21(16-18)32-20-7-2-1-3-8-20/h1-4,6-11,16-17,24,30H,5,12-15H2. The molecule has 3 aromatic carbocycles. The molecule has 0 bridgehead atoms. The molecule has 1 N–H and O–H groups in total. The first-order chi connectivity index (χ1) is 15.4. The topological polar surface area (TPSA) is 24.5 Å². The fourth-order valence-corrected chi connectivity index (χ4v) is 4.24. The van der Waals surface area contributed by atoms with Gasteiger partial charge < -0.3 is 10.1 Å². The third-order valence-corrected chi connectivity index (χ3v) is 5.85. The van der Waals surface area contributed by atoms with E-state index in [0.29, 0.717) is 28.6 Å². The highest BCUT2D eigenvalue weighted by atomic mass is 35.5. The predicted octanol–water partition coefficient (Wildman–Crippen LogP) is 6.54. The number of ether oxygens (including phenoxy) is 1. The van der Waals surface area contributed by atoms with Crippen LogP contribution < -0.4 is 10.1 Å². The van der Waals surface area contributed by atoms with Crippen LogP contribution in [0.5, 0.6) is 11.5 Å². The van der Waals surface area contributed by atoms with Gasteiger partial charge >= 0.3 is 6.18 Å². The average Bonchev–Trinajstić information content (AvgIpc) is 3.05. The van der Waals surface area contributed by atoms with Crippen LogP contribution in [0.15, 0.2) is 72.8 Å². The van der Waals surface area contributed by atoms with Crippen molar-refractivity contribution in [1.29, 1.82) is 0 Å². The van der Waals surface area contributed by atoms with Crippen molar-refractivity contribution in [2.75, 3.05) is 26.2 Å². The van der Waals surface area contributed by atoms with Gasteiger partial charge in [-0.25, -0.2) is 0 Å². The first-order valence-corrected chi connectivity index (χ1v) is 10.9. The lowest BCUT2D eigenvalue weighted by Crippen LogP contribution is -2.33. The van der Waals surface area contributed by atoms with Crippen molar-refractivity contribution in [3.63, 3.8) is 0 Å². The summed E-state index contributed by atoms with van der Waals surface area (Å²) in [7, 11) is 0. The molecule has 7 heteroatoms. The number of halogens is 4. The van der Waals surface area contributed by atoms with Gasteiger partial charge in [0.25, 0.3) is 0 Å². The molecule has 0 radical (unpaired) electrons. The zero-order chi connectivity index (χ0) is 22.6. The van der Waals surface area contributed by atoms with Gasteiger partial charge in [-0.05, 0) is 66.6 Å². The highest BCUT2D eigenvalue weighted by Gasteiger charge is 2.33. The van der Waals surface area contributed by atoms with Crippen LogP contribution in [0.1, 0.15) is 29.2 Å². The largest absolute Gasteiger partial charge is 0.457 e. The fourth-order valence-electron chi connectivity index (χ4n) is 4.01. The Balaban J connectivity index is 1.76. The molecule has 3 aromatic rings. The van der Waals surface area contributed by atoms with Crippen LogP contribution in [0.25, 0.3) is 0 Å². The molecule has 168 valence electrons. The van der Waals surface area contributed by atoms with Crippen LogP contribution in [-0.4, -0.2) is 31.1 Å². The van der Waals surface area contributed by atoms with Crippen molar-refractivity contribution in [2.24, 2.45) is 0 Å². The Kier molecular flexibility index (Phi) is 7.04. The molecule has 1 saturated heterocycles. The summed E-state index contributed by atoms with van der Waals surface area (Å²) in [6.45, 7) is 3.07. The Labute approximate surface area is 190 Å². The van der Waals surface area contributed by atoms with Crippen molar-refractivity contribution >= 4 is 11.6 Å². The Hall–Kier alpha value is -2.54. The van der Waals surface area contributed by atoms with Gasteiger partial charge in [-0.2, -0.15) is 13.2 Å². The predicted molar refractivity (Wildman–Crippen MR) is 120 cm³/mol. The number of hydrogen-bond acceptors (Lipinski definition) is 3. The lowest BCUT2D eigenvalue weighted by molar-refractivity contribution is -0.137. The molecule has 0 aromatic heterocycles. The third-order valence-electron chi connectivity index (χ3n) is 5.51. The molecule has 1 atom stereocenters. The maximum absolute atomic E-state index is 13.5. The van der Waals surface area contributed by atoms with Crippen LogP contribution in [0.2, 0.25) is 5.02 Å². The Morgan fingerprint density at radius 2 is 1.66 bits per heavy atom. The maximum atomic E-state index is 13.5. The monoisotopic (exact) mass is 460 g/mol. The molecule has 3 nitrogen and oxygen atoms in total. The number of nitrogens with one attached hydrogen (secondary N) is 1. The van der Waals surface area contributed by atoms with Gasteiger partial charge in [-0.3, -0.25) is 4.90 Å². The van der Waals surface area contributed by atoms with E-state index in [9.17, 15) is 13.2 Å². The first kappa shape index (κ1) is 22.6. The van der Waals surface area contributed by atoms with E-state index in [1.807, 2.05) is 54.6 Å². The minimum atomic E-state index is -4.44. The van der Waals surface area contributed by atoms with E-state index in [1.54, 1.807) is 0 Å². The highest BCUT2D eigenvalue weighted by Crippen LogP contribution is 2.39. The van der Waals surface area contributed by atoms with Gasteiger partial charge in [0, 0.05) is 24.7 Å². The van der Waals surface area contributed by atoms with Gasteiger partial charge in [-0.15, -0.1) is 0 Å². The van der Waals surface area contributed by atoms with E-state index in [-0.39, 0.29) is 0 Å². The van der Waals surface area contributed by atoms with E-state index in [0.717, 1.165) is 37.7 Å². The number of benzene rings is 3. The third kappa shape index (κ3) is 5.44. The van der Waals surface area contributed by atoms with Crippen LogP contribution >= 0.6 is 11.6 Å². The van der Waals surface area contributed by atoms with Crippen molar-refractivity contribution in [2.45, 2.75) is 18.6 Å². The average molecular weight is 461 g/mol. The molecule has 0 spiro atoms. The maximum Gasteiger partial charge on any atom is 0.416 e. The molecule has 1 aliphatic heterocycles. The lowest BCUT2D eigenvalue weighted by atomic mass is 9.94. The Morgan fingerprint density at radius 3 is 2.44 bits per heavy atom. The summed E-state index contributed by atoms with van der Waals surface area (Å²) in [5.74, 6) is 1.31. The van der Waals surface area contributed by atoms with Crippen molar-refractivity contribution in [3.05, 3.63) is 94.5 Å². The van der Waals surface area contributed by atoms with Gasteiger partial charge in [0.1, 0.15) is 11.5 Å². The molecule has 1 unspecified atom stereocenters. The summed E-state index contributed by atoms with van der Waals surface area (Å²) in [6.07, 6.45) is -3.55. The van der Waals surface area contributed by atoms with E-state index >= 15 is 0 Å². The summed E-state index contributed by atoms with van der Waals surface area (Å²) in [4.78, 5) is 2.18. The number of para-hydroxylation sites is 1. The Morgan fingerprint density at radius 1 is 0.875 bits per heavy atom.